The molecule has 0 aliphatic heterocycles. The molecular formula is C14H19F2NO. The van der Waals surface area contributed by atoms with E-state index in [-0.39, 0.29) is 18.9 Å². The van der Waals surface area contributed by atoms with Gasteiger partial charge in [0.25, 0.3) is 6.43 Å². The molecule has 0 heterocycles. The predicted octanol–water partition coefficient (Wildman–Crippen LogP) is 2.99. The number of carbonyl (C=O) groups excluding carboxylic acids is 1. The van der Waals surface area contributed by atoms with Crippen molar-refractivity contribution in [3.05, 3.63) is 34.4 Å². The molecule has 0 spiro atoms. The summed E-state index contributed by atoms with van der Waals surface area (Å²) in [7, 11) is 1.53. The lowest BCUT2D eigenvalue weighted by Gasteiger charge is -2.16. The van der Waals surface area contributed by atoms with Gasteiger partial charge in [0, 0.05) is 5.56 Å². The zero-order chi connectivity index (χ0) is 13.9. The Hall–Kier alpha value is -1.29. The number of Topliss-reactive ketones (excluding diaryl/α,β-unsaturated/α-hetero) is 1. The maximum atomic E-state index is 12.2. The Labute approximate surface area is 107 Å². The minimum absolute atomic E-state index is 0.0215. The zero-order valence-electron chi connectivity index (χ0n) is 11.3. The molecule has 1 aromatic rings. The number of aryl methyl sites for hydroxylation is 3. The van der Waals surface area contributed by atoms with Crippen molar-refractivity contribution >= 4 is 5.78 Å². The molecule has 1 aromatic carbocycles. The van der Waals surface area contributed by atoms with E-state index in [0.29, 0.717) is 5.56 Å². The lowest BCUT2D eigenvalue weighted by molar-refractivity contribution is 0.0819. The van der Waals surface area contributed by atoms with Crippen molar-refractivity contribution in [2.24, 2.45) is 0 Å². The van der Waals surface area contributed by atoms with Gasteiger partial charge in [-0.1, -0.05) is 6.07 Å². The van der Waals surface area contributed by atoms with Crippen LogP contribution < -0.4 is 0 Å². The fraction of sp³-hybridized carbons (Fsp3) is 0.500. The summed E-state index contributed by atoms with van der Waals surface area (Å²) in [5.74, 6) is -0.112. The Morgan fingerprint density at radius 3 is 2.28 bits per heavy atom. The number of benzene rings is 1. The number of hydrogen-bond donors (Lipinski definition) is 0. The topological polar surface area (TPSA) is 20.3 Å². The highest BCUT2D eigenvalue weighted by molar-refractivity contribution is 5.99. The number of ketones is 1. The van der Waals surface area contributed by atoms with E-state index >= 15 is 0 Å². The second kappa shape index (κ2) is 6.05. The molecule has 0 unspecified atom stereocenters. The molecule has 1 rings (SSSR count). The van der Waals surface area contributed by atoms with Gasteiger partial charge in [0.05, 0.1) is 13.1 Å². The number of likely N-dealkylation sites (N-methyl/N-ethyl adjacent to an activating group) is 1. The Kier molecular flexibility index (Phi) is 4.96. The molecule has 0 aliphatic rings. The highest BCUT2D eigenvalue weighted by Gasteiger charge is 2.15. The van der Waals surface area contributed by atoms with Gasteiger partial charge in [-0.05, 0) is 50.6 Å². The van der Waals surface area contributed by atoms with Crippen LogP contribution in [0.4, 0.5) is 8.78 Å². The Balaban J connectivity index is 2.82. The first-order valence-corrected chi connectivity index (χ1v) is 5.89. The van der Waals surface area contributed by atoms with Gasteiger partial charge in [0.15, 0.2) is 5.78 Å². The molecule has 0 bridgehead atoms. The molecule has 100 valence electrons. The minimum atomic E-state index is -2.41. The average molecular weight is 255 g/mol. The number of carbonyl (C=O) groups is 1. The Bertz CT molecular complexity index is 444. The third-order valence-electron chi connectivity index (χ3n) is 3.00. The molecule has 18 heavy (non-hydrogen) atoms. The van der Waals surface area contributed by atoms with Gasteiger partial charge in [-0.3, -0.25) is 9.69 Å². The Morgan fingerprint density at radius 2 is 1.72 bits per heavy atom. The molecule has 2 nitrogen and oxygen atoms in total. The average Bonchev–Trinajstić information content (AvgIpc) is 2.21. The zero-order valence-corrected chi connectivity index (χ0v) is 11.3. The van der Waals surface area contributed by atoms with E-state index in [0.717, 1.165) is 16.7 Å². The van der Waals surface area contributed by atoms with E-state index in [2.05, 4.69) is 0 Å². The molecule has 0 radical (unpaired) electrons. The Morgan fingerprint density at radius 1 is 1.17 bits per heavy atom. The van der Waals surface area contributed by atoms with Crippen molar-refractivity contribution in [1.82, 2.24) is 4.90 Å². The summed E-state index contributed by atoms with van der Waals surface area (Å²) < 4.78 is 24.4. The number of halogens is 2. The second-order valence-electron chi connectivity index (χ2n) is 4.76. The summed E-state index contributed by atoms with van der Waals surface area (Å²) in [5, 5.41) is 0. The first-order valence-electron chi connectivity index (χ1n) is 5.89. The van der Waals surface area contributed by atoms with Crippen molar-refractivity contribution in [3.63, 3.8) is 0 Å². The summed E-state index contributed by atoms with van der Waals surface area (Å²) in [6.07, 6.45) is -2.41. The summed E-state index contributed by atoms with van der Waals surface area (Å²) in [6, 6.07) is 3.79. The van der Waals surface area contributed by atoms with E-state index < -0.39 is 6.43 Å². The summed E-state index contributed by atoms with van der Waals surface area (Å²) in [4.78, 5) is 13.4. The maximum Gasteiger partial charge on any atom is 0.251 e. The second-order valence-corrected chi connectivity index (χ2v) is 4.76. The van der Waals surface area contributed by atoms with E-state index in [4.69, 9.17) is 0 Å². The van der Waals surface area contributed by atoms with Crippen LogP contribution >= 0.6 is 0 Å². The fourth-order valence-electron chi connectivity index (χ4n) is 1.89. The smallest absolute Gasteiger partial charge is 0.251 e. The number of rotatable bonds is 5. The third-order valence-corrected chi connectivity index (χ3v) is 3.00. The maximum absolute atomic E-state index is 12.2. The highest BCUT2D eigenvalue weighted by atomic mass is 19.3. The minimum Gasteiger partial charge on any atom is -0.293 e. The SMILES string of the molecule is Cc1cc(C)c(C(=O)CN(C)CC(F)F)cc1C. The van der Waals surface area contributed by atoms with Crippen molar-refractivity contribution in [2.75, 3.05) is 20.1 Å². The largest absolute Gasteiger partial charge is 0.293 e. The molecule has 0 aromatic heterocycles. The summed E-state index contributed by atoms with van der Waals surface area (Å²) in [5.41, 5.74) is 3.69. The van der Waals surface area contributed by atoms with E-state index in [1.165, 1.54) is 11.9 Å². The van der Waals surface area contributed by atoms with Crippen LogP contribution in [0.25, 0.3) is 0 Å². The van der Waals surface area contributed by atoms with Crippen LogP contribution in [0, 0.1) is 20.8 Å². The van der Waals surface area contributed by atoms with Gasteiger partial charge in [0.2, 0.25) is 0 Å². The van der Waals surface area contributed by atoms with E-state index in [9.17, 15) is 13.6 Å². The van der Waals surface area contributed by atoms with Crippen LogP contribution in [0.1, 0.15) is 27.0 Å². The number of nitrogens with zero attached hydrogens (tertiary/aromatic N) is 1. The molecule has 0 fully saturated rings. The van der Waals surface area contributed by atoms with Gasteiger partial charge in [-0.2, -0.15) is 0 Å². The predicted molar refractivity (Wildman–Crippen MR) is 68.5 cm³/mol. The molecule has 0 aliphatic carbocycles. The molecule has 0 atom stereocenters. The molecule has 0 saturated carbocycles. The monoisotopic (exact) mass is 255 g/mol. The number of alkyl halides is 2. The summed E-state index contributed by atoms with van der Waals surface area (Å²) in [6.45, 7) is 5.43. The lowest BCUT2D eigenvalue weighted by Crippen LogP contribution is -2.30. The van der Waals surface area contributed by atoms with E-state index in [1.54, 1.807) is 0 Å². The van der Waals surface area contributed by atoms with Crippen LogP contribution in [0.15, 0.2) is 12.1 Å². The molecule has 0 amide bonds. The van der Waals surface area contributed by atoms with Crippen LogP contribution in [-0.2, 0) is 0 Å². The highest BCUT2D eigenvalue weighted by Crippen LogP contribution is 2.16. The fourth-order valence-corrected chi connectivity index (χ4v) is 1.89. The standard InChI is InChI=1S/C14H19F2NO/c1-9-5-11(3)12(6-10(9)2)13(18)7-17(4)8-14(15)16/h5-6,14H,7-8H2,1-4H3. The third kappa shape index (κ3) is 3.88. The van der Waals surface area contributed by atoms with Gasteiger partial charge in [-0.15, -0.1) is 0 Å². The van der Waals surface area contributed by atoms with Gasteiger partial charge in [0.1, 0.15) is 0 Å². The first-order chi connectivity index (χ1) is 8.31. The van der Waals surface area contributed by atoms with Crippen molar-refractivity contribution in [2.45, 2.75) is 27.2 Å². The van der Waals surface area contributed by atoms with Crippen molar-refractivity contribution in [1.29, 1.82) is 0 Å². The molecule has 4 heteroatoms. The summed E-state index contributed by atoms with van der Waals surface area (Å²) >= 11 is 0. The molecule has 0 saturated heterocycles. The van der Waals surface area contributed by atoms with Crippen LogP contribution in [0.5, 0.6) is 0 Å². The van der Waals surface area contributed by atoms with Gasteiger partial charge in [-0.25, -0.2) is 8.78 Å². The van der Waals surface area contributed by atoms with Crippen LogP contribution in [0.2, 0.25) is 0 Å². The van der Waals surface area contributed by atoms with Crippen LogP contribution in [-0.4, -0.2) is 37.2 Å². The normalized spacial score (nSPS) is 11.3. The van der Waals surface area contributed by atoms with Crippen molar-refractivity contribution < 1.29 is 13.6 Å². The van der Waals surface area contributed by atoms with Gasteiger partial charge < -0.3 is 0 Å². The molecular weight excluding hydrogens is 236 g/mol. The lowest BCUT2D eigenvalue weighted by atomic mass is 9.98. The van der Waals surface area contributed by atoms with Crippen LogP contribution in [0.3, 0.4) is 0 Å². The molecule has 0 N–H and O–H groups in total. The first kappa shape index (κ1) is 14.8. The number of hydrogen-bond acceptors (Lipinski definition) is 2. The van der Waals surface area contributed by atoms with E-state index in [1.807, 2.05) is 32.9 Å². The quantitative estimate of drug-likeness (QED) is 0.754. The van der Waals surface area contributed by atoms with Gasteiger partial charge >= 0.3 is 0 Å². The van der Waals surface area contributed by atoms with Crippen molar-refractivity contribution in [3.8, 4) is 0 Å².